The number of carbonyl (C=O) groups excluding carboxylic acids is 1. The van der Waals surface area contributed by atoms with Gasteiger partial charge in [0.25, 0.3) is 10.0 Å². The lowest BCUT2D eigenvalue weighted by atomic mass is 10.2. The van der Waals surface area contributed by atoms with E-state index in [0.29, 0.717) is 31.4 Å². The number of rotatable bonds is 11. The van der Waals surface area contributed by atoms with Gasteiger partial charge in [0, 0.05) is 18.0 Å². The molecule has 1 saturated carbocycles. The largest absolute Gasteiger partial charge is 0.378 e. The van der Waals surface area contributed by atoms with Crippen LogP contribution in [0.25, 0.3) is 0 Å². The van der Waals surface area contributed by atoms with Crippen LogP contribution in [0.15, 0.2) is 58.3 Å². The molecule has 0 radical (unpaired) electrons. The maximum Gasteiger partial charge on any atom is 0.264 e. The topological polar surface area (TPSA) is 75.7 Å². The highest BCUT2D eigenvalue weighted by molar-refractivity contribution is 7.98. The van der Waals surface area contributed by atoms with Crippen molar-refractivity contribution in [3.8, 4) is 0 Å². The normalized spacial score (nSPS) is 14.4. The molecular weight excluding hydrogens is 444 g/mol. The van der Waals surface area contributed by atoms with Gasteiger partial charge in [0.15, 0.2) is 0 Å². The summed E-state index contributed by atoms with van der Waals surface area (Å²) >= 11 is 1.54. The summed E-state index contributed by atoms with van der Waals surface area (Å²) in [7, 11) is -3.89. The average molecular weight is 477 g/mol. The van der Waals surface area contributed by atoms with Crippen molar-refractivity contribution < 1.29 is 17.9 Å². The zero-order chi connectivity index (χ0) is 23.0. The van der Waals surface area contributed by atoms with Crippen LogP contribution in [0.2, 0.25) is 0 Å². The molecule has 0 saturated heterocycles. The summed E-state index contributed by atoms with van der Waals surface area (Å²) in [6.07, 6.45) is 7.68. The summed E-state index contributed by atoms with van der Waals surface area (Å²) in [5, 5.41) is 2.83. The van der Waals surface area contributed by atoms with Crippen molar-refractivity contribution in [1.29, 1.82) is 0 Å². The van der Waals surface area contributed by atoms with Gasteiger partial charge in [-0.15, -0.1) is 11.8 Å². The number of aryl methyl sites for hydroxylation is 1. The molecule has 8 heteroatoms. The fraction of sp³-hybridized carbons (Fsp3) is 0.458. The minimum Gasteiger partial charge on any atom is -0.378 e. The maximum absolute atomic E-state index is 13.4. The van der Waals surface area contributed by atoms with Gasteiger partial charge in [-0.3, -0.25) is 9.10 Å². The molecule has 0 bridgehead atoms. The van der Waals surface area contributed by atoms with Gasteiger partial charge >= 0.3 is 0 Å². The smallest absolute Gasteiger partial charge is 0.264 e. The number of hydrogen-bond donors (Lipinski definition) is 1. The van der Waals surface area contributed by atoms with E-state index in [1.165, 1.54) is 17.1 Å². The molecule has 1 amide bonds. The van der Waals surface area contributed by atoms with Crippen LogP contribution in [0.4, 0.5) is 5.69 Å². The van der Waals surface area contributed by atoms with Crippen LogP contribution < -0.4 is 9.62 Å². The lowest BCUT2D eigenvalue weighted by Crippen LogP contribution is -2.41. The van der Waals surface area contributed by atoms with E-state index in [-0.39, 0.29) is 17.3 Å². The zero-order valence-corrected chi connectivity index (χ0v) is 20.4. The van der Waals surface area contributed by atoms with Crippen molar-refractivity contribution in [1.82, 2.24) is 5.32 Å². The molecule has 0 unspecified atom stereocenters. The third-order valence-corrected chi connectivity index (χ3v) is 8.09. The highest BCUT2D eigenvalue weighted by atomic mass is 32.2. The Balaban J connectivity index is 1.65. The Kier molecular flexibility index (Phi) is 9.02. The fourth-order valence-electron chi connectivity index (χ4n) is 3.69. The van der Waals surface area contributed by atoms with Gasteiger partial charge in [-0.1, -0.05) is 30.5 Å². The van der Waals surface area contributed by atoms with Crippen molar-refractivity contribution in [3.05, 3.63) is 54.1 Å². The number of hydrogen-bond acceptors (Lipinski definition) is 5. The highest BCUT2D eigenvalue weighted by Crippen LogP contribution is 2.26. The number of anilines is 1. The van der Waals surface area contributed by atoms with E-state index >= 15 is 0 Å². The van der Waals surface area contributed by atoms with E-state index in [0.717, 1.165) is 23.3 Å². The van der Waals surface area contributed by atoms with Gasteiger partial charge in [-0.05, 0) is 68.8 Å². The van der Waals surface area contributed by atoms with E-state index in [1.54, 1.807) is 48.2 Å². The summed E-state index contributed by atoms with van der Waals surface area (Å²) in [6, 6.07) is 13.9. The van der Waals surface area contributed by atoms with Crippen molar-refractivity contribution in [2.75, 3.05) is 30.3 Å². The average Bonchev–Trinajstić information content (AvgIpc) is 3.31. The number of nitrogens with one attached hydrogen (secondary N) is 1. The van der Waals surface area contributed by atoms with Crippen LogP contribution in [0.1, 0.15) is 37.7 Å². The summed E-state index contributed by atoms with van der Waals surface area (Å²) in [5.74, 6) is -0.337. The predicted octanol–water partition coefficient (Wildman–Crippen LogP) is 4.38. The van der Waals surface area contributed by atoms with Gasteiger partial charge in [-0.2, -0.15) is 0 Å². The first-order valence-electron chi connectivity index (χ1n) is 11.0. The third kappa shape index (κ3) is 6.73. The second-order valence-electron chi connectivity index (χ2n) is 8.00. The minimum atomic E-state index is -3.89. The number of carbonyl (C=O) groups is 1. The van der Waals surface area contributed by atoms with Crippen molar-refractivity contribution in [3.63, 3.8) is 0 Å². The van der Waals surface area contributed by atoms with E-state index in [9.17, 15) is 13.2 Å². The van der Waals surface area contributed by atoms with Crippen molar-refractivity contribution in [2.24, 2.45) is 0 Å². The fourth-order valence-corrected chi connectivity index (χ4v) is 5.52. The Morgan fingerprint density at radius 1 is 1.09 bits per heavy atom. The highest BCUT2D eigenvalue weighted by Gasteiger charge is 2.27. The Hall–Kier alpha value is -2.03. The number of nitrogens with zero attached hydrogens (tertiary/aromatic N) is 1. The first-order chi connectivity index (χ1) is 15.4. The standard InChI is InChI=1S/C24H32N2O4S2/c1-19-8-10-20(11-9-19)26(32(28,29)23-14-12-22(31-2)13-15-23)18-24(27)25-16-5-17-30-21-6-3-4-7-21/h8-15,21H,3-7,16-18H2,1-2H3,(H,25,27). The van der Waals surface area contributed by atoms with E-state index in [4.69, 9.17) is 4.74 Å². The molecule has 0 aliphatic heterocycles. The number of ether oxygens (including phenoxy) is 1. The van der Waals surface area contributed by atoms with E-state index in [2.05, 4.69) is 5.32 Å². The molecule has 0 aromatic heterocycles. The van der Waals surface area contributed by atoms with Crippen LogP contribution in [-0.2, 0) is 19.6 Å². The molecule has 1 fully saturated rings. The van der Waals surface area contributed by atoms with Crippen LogP contribution in [0.5, 0.6) is 0 Å². The van der Waals surface area contributed by atoms with Crippen LogP contribution >= 0.6 is 11.8 Å². The predicted molar refractivity (Wildman–Crippen MR) is 130 cm³/mol. The number of sulfonamides is 1. The Morgan fingerprint density at radius 3 is 2.38 bits per heavy atom. The van der Waals surface area contributed by atoms with E-state index < -0.39 is 10.0 Å². The second-order valence-corrected chi connectivity index (χ2v) is 10.7. The lowest BCUT2D eigenvalue weighted by Gasteiger charge is -2.24. The van der Waals surface area contributed by atoms with Gasteiger partial charge in [0.05, 0.1) is 16.7 Å². The zero-order valence-electron chi connectivity index (χ0n) is 18.7. The molecule has 1 aliphatic carbocycles. The summed E-state index contributed by atoms with van der Waals surface area (Å²) < 4.78 is 33.8. The van der Waals surface area contributed by atoms with Crippen molar-refractivity contribution in [2.45, 2.75) is 54.9 Å². The third-order valence-electron chi connectivity index (χ3n) is 5.56. The lowest BCUT2D eigenvalue weighted by molar-refractivity contribution is -0.119. The van der Waals surface area contributed by atoms with Gasteiger partial charge in [0.1, 0.15) is 6.54 Å². The first kappa shape index (κ1) is 24.6. The van der Waals surface area contributed by atoms with Crippen LogP contribution in [-0.4, -0.2) is 46.4 Å². The Morgan fingerprint density at radius 2 is 1.75 bits per heavy atom. The van der Waals surface area contributed by atoms with Crippen LogP contribution in [0.3, 0.4) is 0 Å². The second kappa shape index (κ2) is 11.7. The number of amides is 1. The minimum absolute atomic E-state index is 0.161. The van der Waals surface area contributed by atoms with Crippen molar-refractivity contribution >= 4 is 33.4 Å². The molecule has 174 valence electrons. The SMILES string of the molecule is CSc1ccc(S(=O)(=O)N(CC(=O)NCCCOC2CCCC2)c2ccc(C)cc2)cc1. The summed E-state index contributed by atoms with van der Waals surface area (Å²) in [5.41, 5.74) is 1.48. The summed E-state index contributed by atoms with van der Waals surface area (Å²) in [4.78, 5) is 13.8. The van der Waals surface area contributed by atoms with Gasteiger partial charge in [0.2, 0.25) is 5.91 Å². The van der Waals surface area contributed by atoms with E-state index in [1.807, 2.05) is 25.3 Å². The number of benzene rings is 2. The van der Waals surface area contributed by atoms with Crippen LogP contribution in [0, 0.1) is 6.92 Å². The molecule has 0 atom stereocenters. The molecule has 3 rings (SSSR count). The van der Waals surface area contributed by atoms with Gasteiger partial charge < -0.3 is 10.1 Å². The maximum atomic E-state index is 13.4. The molecule has 1 aliphatic rings. The Labute approximate surface area is 195 Å². The molecule has 6 nitrogen and oxygen atoms in total. The Bertz CT molecular complexity index is 970. The first-order valence-corrected chi connectivity index (χ1v) is 13.7. The molecule has 0 spiro atoms. The molecule has 2 aromatic rings. The monoisotopic (exact) mass is 476 g/mol. The quantitative estimate of drug-likeness (QED) is 0.385. The van der Waals surface area contributed by atoms with Gasteiger partial charge in [-0.25, -0.2) is 8.42 Å². The number of thioether (sulfide) groups is 1. The molecule has 32 heavy (non-hydrogen) atoms. The molecule has 0 heterocycles. The molecule has 1 N–H and O–H groups in total. The molecule has 2 aromatic carbocycles. The summed E-state index contributed by atoms with van der Waals surface area (Å²) in [6.45, 7) is 2.71. The molecular formula is C24H32N2O4S2.